The average molecular weight is 616 g/mol. The van der Waals surface area contributed by atoms with Crippen molar-refractivity contribution in [3.05, 3.63) is 105 Å². The second-order valence-electron chi connectivity index (χ2n) is 6.00. The normalized spacial score (nSPS) is 10.5. The zero-order valence-electron chi connectivity index (χ0n) is 17.9. The molecule has 0 unspecified atom stereocenters. The van der Waals surface area contributed by atoms with E-state index in [4.69, 9.17) is 11.1 Å². The third-order valence-corrected chi connectivity index (χ3v) is 5.61. The number of rotatable bonds is 12. The molecule has 2 rings (SSSR count). The van der Waals surface area contributed by atoms with Gasteiger partial charge in [-0.3, -0.25) is 9.98 Å². The van der Waals surface area contributed by atoms with Gasteiger partial charge in [0.15, 0.2) is 0 Å². The summed E-state index contributed by atoms with van der Waals surface area (Å²) >= 11 is -1.79. The standard InChI is InChI=1S/C22H25N3.Hg.2N3/c1-3-9-21(10-4-1)13-7-15-23-17-19-25-20-18-24-16-8-14-22-11-5-2-6-12-22;;2*1-3-2/h1-16,25H,17-20H2;;;/q;+2;2*-1/b13-7+,14-8+,23-15?,24-16?;;;. The molecule has 0 aliphatic rings. The van der Waals surface area contributed by atoms with Crippen LogP contribution in [0, 0.1) is 0 Å². The summed E-state index contributed by atoms with van der Waals surface area (Å²) in [7, 11) is 0. The van der Waals surface area contributed by atoms with Crippen LogP contribution in [0.1, 0.15) is 11.1 Å². The Morgan fingerprint density at radius 1 is 0.719 bits per heavy atom. The molecule has 1 N–H and O–H groups in total. The molecule has 0 aliphatic carbocycles. The number of allylic oxidation sites excluding steroid dienone is 2. The van der Waals surface area contributed by atoms with Gasteiger partial charge in [0.25, 0.3) is 0 Å². The first-order chi connectivity index (χ1) is 15.9. The molecule has 0 radical (unpaired) electrons. The molecule has 160 valence electrons. The SMILES string of the molecule is C(/C=C/c1ccccc1)=NCCNCCN=C/C=C/c1ccccc1.[N-]=[N+]=[N][Hg][N]=[N+]=[N-]. The third kappa shape index (κ3) is 16.6. The van der Waals surface area contributed by atoms with E-state index in [-0.39, 0.29) is 0 Å². The quantitative estimate of drug-likeness (QED) is 0.0809. The molecule has 0 saturated carbocycles. The molecule has 0 heterocycles. The Labute approximate surface area is 201 Å². The number of hydrogen-bond donors (Lipinski definition) is 1. The van der Waals surface area contributed by atoms with Gasteiger partial charge >= 0.3 is 51.8 Å². The zero-order chi connectivity index (χ0) is 23.0. The second kappa shape index (κ2) is 21.0. The Balaban J connectivity index is 0.000000633. The molecule has 2 aromatic rings. The predicted octanol–water partition coefficient (Wildman–Crippen LogP) is 5.66. The van der Waals surface area contributed by atoms with Gasteiger partial charge in [-0.1, -0.05) is 72.8 Å². The molecule has 0 aliphatic heterocycles. The second-order valence-corrected chi connectivity index (χ2v) is 9.30. The van der Waals surface area contributed by atoms with Crippen LogP contribution >= 0.6 is 0 Å². The van der Waals surface area contributed by atoms with Gasteiger partial charge in [0.1, 0.15) is 0 Å². The molecule has 0 amide bonds. The van der Waals surface area contributed by atoms with Gasteiger partial charge in [0.2, 0.25) is 0 Å². The number of hydrogen-bond acceptors (Lipinski definition) is 5. The topological polar surface area (TPSA) is 134 Å². The van der Waals surface area contributed by atoms with Gasteiger partial charge in [-0.15, -0.1) is 0 Å². The molecule has 0 aromatic heterocycles. The van der Waals surface area contributed by atoms with Gasteiger partial charge in [0, 0.05) is 25.5 Å². The Bertz CT molecular complexity index is 866. The van der Waals surface area contributed by atoms with Crippen LogP contribution in [0.4, 0.5) is 0 Å². The first-order valence-corrected chi connectivity index (χ1v) is 14.9. The Kier molecular flexibility index (Phi) is 17.6. The maximum absolute atomic E-state index is 7.62. The van der Waals surface area contributed by atoms with Gasteiger partial charge in [-0.05, 0) is 23.3 Å². The molecular formula is C22H25HgN9. The van der Waals surface area contributed by atoms with E-state index in [1.807, 2.05) is 61.0 Å². The Hall–Kier alpha value is -3.22. The van der Waals surface area contributed by atoms with Crippen LogP contribution < -0.4 is 5.32 Å². The summed E-state index contributed by atoms with van der Waals surface area (Å²) in [5, 5.41) is 3.33. The van der Waals surface area contributed by atoms with E-state index >= 15 is 0 Å². The number of nitrogens with one attached hydrogen (secondary N) is 1. The molecule has 0 bridgehead atoms. The first kappa shape index (κ1) is 26.8. The van der Waals surface area contributed by atoms with E-state index in [0.717, 1.165) is 26.2 Å². The summed E-state index contributed by atoms with van der Waals surface area (Å²) in [5.74, 6) is 0. The van der Waals surface area contributed by atoms with E-state index in [1.165, 1.54) is 11.1 Å². The minimum absolute atomic E-state index is 0.775. The van der Waals surface area contributed by atoms with Crippen molar-refractivity contribution in [1.29, 1.82) is 0 Å². The van der Waals surface area contributed by atoms with Crippen molar-refractivity contribution in [2.75, 3.05) is 26.2 Å². The van der Waals surface area contributed by atoms with E-state index in [2.05, 4.69) is 67.3 Å². The fourth-order valence-electron chi connectivity index (χ4n) is 2.20. The van der Waals surface area contributed by atoms with E-state index < -0.39 is 25.2 Å². The number of azide groups is 1. The van der Waals surface area contributed by atoms with Gasteiger partial charge in [0.05, 0.1) is 13.1 Å². The molecule has 0 spiro atoms. The summed E-state index contributed by atoms with van der Waals surface area (Å²) < 4.78 is 6.29. The number of nitrogens with zero attached hydrogens (tertiary/aromatic N) is 8. The number of benzene rings is 2. The summed E-state index contributed by atoms with van der Waals surface area (Å²) in [5.41, 5.74) is 17.6. The van der Waals surface area contributed by atoms with E-state index in [1.54, 1.807) is 0 Å². The van der Waals surface area contributed by atoms with Crippen LogP contribution in [0.5, 0.6) is 0 Å². The fourth-order valence-corrected chi connectivity index (χ4v) is 2.86. The van der Waals surface area contributed by atoms with Crippen molar-refractivity contribution in [3.8, 4) is 0 Å². The summed E-state index contributed by atoms with van der Waals surface area (Å²) in [6.45, 7) is 3.28. The Morgan fingerprint density at radius 2 is 1.16 bits per heavy atom. The fraction of sp³-hybridized carbons (Fsp3) is 0.182. The van der Waals surface area contributed by atoms with Crippen LogP contribution in [0.3, 0.4) is 0 Å². The van der Waals surface area contributed by atoms with Crippen molar-refractivity contribution >= 4 is 24.6 Å². The molecule has 9 nitrogen and oxygen atoms in total. The van der Waals surface area contributed by atoms with Gasteiger partial charge in [-0.2, -0.15) is 0 Å². The Morgan fingerprint density at radius 3 is 1.56 bits per heavy atom. The molecule has 0 saturated heterocycles. The minimum atomic E-state index is -1.79. The molecule has 32 heavy (non-hydrogen) atoms. The molecular weight excluding hydrogens is 591 g/mol. The monoisotopic (exact) mass is 617 g/mol. The van der Waals surface area contributed by atoms with Crippen molar-refractivity contribution in [2.45, 2.75) is 0 Å². The van der Waals surface area contributed by atoms with Crippen LogP contribution in [0.15, 0.2) is 88.6 Å². The van der Waals surface area contributed by atoms with Gasteiger partial charge < -0.3 is 5.32 Å². The van der Waals surface area contributed by atoms with E-state index in [0.29, 0.717) is 0 Å². The molecule has 0 fully saturated rings. The van der Waals surface area contributed by atoms with Crippen LogP contribution in [-0.2, 0) is 25.2 Å². The van der Waals surface area contributed by atoms with Crippen molar-refractivity contribution in [1.82, 2.24) is 5.32 Å². The maximum atomic E-state index is 7.62. The van der Waals surface area contributed by atoms with E-state index in [9.17, 15) is 0 Å². The molecule has 2 aromatic carbocycles. The zero-order valence-corrected chi connectivity index (χ0v) is 23.3. The predicted molar refractivity (Wildman–Crippen MR) is 129 cm³/mol. The molecule has 0 atom stereocenters. The summed E-state index contributed by atoms with van der Waals surface area (Å²) in [6, 6.07) is 20.4. The summed E-state index contributed by atoms with van der Waals surface area (Å²) in [6.07, 6.45) is 11.7. The van der Waals surface area contributed by atoms with Crippen LogP contribution in [-0.4, -0.2) is 38.6 Å². The summed E-state index contributed by atoms with van der Waals surface area (Å²) in [4.78, 5) is 13.6. The molecule has 10 heteroatoms. The third-order valence-electron chi connectivity index (χ3n) is 3.65. The van der Waals surface area contributed by atoms with Crippen molar-refractivity contribution in [3.63, 3.8) is 0 Å². The average Bonchev–Trinajstić information content (AvgIpc) is 2.84. The van der Waals surface area contributed by atoms with Gasteiger partial charge in [-0.25, -0.2) is 0 Å². The van der Waals surface area contributed by atoms with Crippen molar-refractivity contribution < 1.29 is 25.2 Å². The van der Waals surface area contributed by atoms with Crippen molar-refractivity contribution in [2.24, 2.45) is 15.7 Å². The van der Waals surface area contributed by atoms with Crippen LogP contribution in [0.2, 0.25) is 0 Å². The first-order valence-electron chi connectivity index (χ1n) is 10.0. The van der Waals surface area contributed by atoms with Crippen LogP contribution in [0.25, 0.3) is 33.0 Å². The number of aliphatic imine (C=N–C) groups is 2.